The monoisotopic (exact) mass is 270 g/mol. The fourth-order valence-corrected chi connectivity index (χ4v) is 2.21. The third-order valence-electron chi connectivity index (χ3n) is 3.51. The predicted octanol–water partition coefficient (Wildman–Crippen LogP) is 0.662. The Bertz CT molecular complexity index is 344. The second kappa shape index (κ2) is 7.76. The molecule has 1 heterocycles. The van der Waals surface area contributed by atoms with Crippen LogP contribution in [-0.2, 0) is 14.4 Å². The first kappa shape index (κ1) is 15.5. The molecule has 0 radical (unpaired) electrons. The van der Waals surface area contributed by atoms with E-state index in [0.29, 0.717) is 31.7 Å². The van der Waals surface area contributed by atoms with Gasteiger partial charge in [0, 0.05) is 19.4 Å². The van der Waals surface area contributed by atoms with Crippen molar-refractivity contribution in [1.29, 1.82) is 0 Å². The topological polar surface area (TPSA) is 95.5 Å². The summed E-state index contributed by atoms with van der Waals surface area (Å²) in [5.74, 6) is -0.683. The highest BCUT2D eigenvalue weighted by atomic mass is 16.4. The Kier molecular flexibility index (Phi) is 6.32. The Hall–Kier alpha value is -1.59. The zero-order valence-electron chi connectivity index (χ0n) is 11.3. The van der Waals surface area contributed by atoms with Gasteiger partial charge in [-0.2, -0.15) is 0 Å². The highest BCUT2D eigenvalue weighted by molar-refractivity contribution is 5.90. The number of carbonyl (C=O) groups is 3. The molecule has 1 saturated heterocycles. The molecular formula is C13H22N2O4. The van der Waals surface area contributed by atoms with Crippen molar-refractivity contribution >= 4 is 17.8 Å². The summed E-state index contributed by atoms with van der Waals surface area (Å²) in [6.07, 6.45) is 3.46. The molecule has 3 N–H and O–H groups in total. The molecule has 0 aliphatic carbocycles. The van der Waals surface area contributed by atoms with Crippen LogP contribution in [0, 0.1) is 5.92 Å². The maximum atomic E-state index is 11.7. The van der Waals surface area contributed by atoms with E-state index in [2.05, 4.69) is 10.6 Å². The Morgan fingerprint density at radius 1 is 1.47 bits per heavy atom. The summed E-state index contributed by atoms with van der Waals surface area (Å²) in [7, 11) is 0. The summed E-state index contributed by atoms with van der Waals surface area (Å²) in [4.78, 5) is 33.2. The van der Waals surface area contributed by atoms with Crippen LogP contribution >= 0.6 is 0 Å². The lowest BCUT2D eigenvalue weighted by Gasteiger charge is -2.15. The molecule has 0 aromatic heterocycles. The number of nitrogens with one attached hydrogen (secondary N) is 2. The highest BCUT2D eigenvalue weighted by Gasteiger charge is 2.26. The zero-order valence-corrected chi connectivity index (χ0v) is 11.3. The molecule has 19 heavy (non-hydrogen) atoms. The van der Waals surface area contributed by atoms with E-state index < -0.39 is 12.0 Å². The minimum atomic E-state index is -0.781. The number of aliphatic carboxylic acids is 1. The van der Waals surface area contributed by atoms with Gasteiger partial charge >= 0.3 is 5.97 Å². The first-order chi connectivity index (χ1) is 9.02. The van der Waals surface area contributed by atoms with E-state index in [1.165, 1.54) is 0 Å². The molecular weight excluding hydrogens is 248 g/mol. The molecule has 6 nitrogen and oxygen atoms in total. The Morgan fingerprint density at radius 2 is 2.21 bits per heavy atom. The first-order valence-corrected chi connectivity index (χ1v) is 6.81. The molecule has 1 aliphatic rings. The van der Waals surface area contributed by atoms with Crippen LogP contribution in [0.15, 0.2) is 0 Å². The number of hydrogen-bond acceptors (Lipinski definition) is 3. The summed E-state index contributed by atoms with van der Waals surface area (Å²) in [6, 6.07) is -0.397. The minimum absolute atomic E-state index is 0.0759. The van der Waals surface area contributed by atoms with Gasteiger partial charge in [0.25, 0.3) is 0 Å². The quantitative estimate of drug-likeness (QED) is 0.604. The van der Waals surface area contributed by atoms with E-state index in [9.17, 15) is 14.4 Å². The van der Waals surface area contributed by atoms with Gasteiger partial charge in [-0.05, 0) is 25.2 Å². The van der Waals surface area contributed by atoms with Crippen LogP contribution in [0.1, 0.15) is 45.4 Å². The van der Waals surface area contributed by atoms with Crippen LogP contribution in [0.25, 0.3) is 0 Å². The van der Waals surface area contributed by atoms with Crippen molar-refractivity contribution in [3.63, 3.8) is 0 Å². The van der Waals surface area contributed by atoms with Crippen molar-refractivity contribution in [2.45, 2.75) is 51.5 Å². The van der Waals surface area contributed by atoms with Gasteiger partial charge in [-0.25, -0.2) is 0 Å². The highest BCUT2D eigenvalue weighted by Crippen LogP contribution is 2.14. The number of carboxylic acids is 1. The normalized spacial score (nSPS) is 19.8. The molecule has 0 spiro atoms. The lowest BCUT2D eigenvalue weighted by Crippen LogP contribution is -2.42. The molecule has 1 aliphatic heterocycles. The molecule has 2 amide bonds. The fourth-order valence-electron chi connectivity index (χ4n) is 2.21. The molecule has 0 bridgehead atoms. The Balaban J connectivity index is 2.18. The third-order valence-corrected chi connectivity index (χ3v) is 3.51. The Morgan fingerprint density at radius 3 is 2.74 bits per heavy atom. The minimum Gasteiger partial charge on any atom is -0.481 e. The van der Waals surface area contributed by atoms with E-state index in [0.717, 1.165) is 12.8 Å². The lowest BCUT2D eigenvalue weighted by atomic mass is 9.96. The van der Waals surface area contributed by atoms with E-state index >= 15 is 0 Å². The van der Waals surface area contributed by atoms with Crippen LogP contribution in [0.3, 0.4) is 0 Å². The average Bonchev–Trinajstić information content (AvgIpc) is 2.79. The number of rotatable bonds is 8. The largest absolute Gasteiger partial charge is 0.481 e. The smallest absolute Gasteiger partial charge is 0.303 e. The maximum Gasteiger partial charge on any atom is 0.303 e. The van der Waals surface area contributed by atoms with Crippen molar-refractivity contribution in [2.75, 3.05) is 6.54 Å². The molecule has 2 atom stereocenters. The van der Waals surface area contributed by atoms with Crippen LogP contribution in [0.4, 0.5) is 0 Å². The van der Waals surface area contributed by atoms with Crippen molar-refractivity contribution < 1.29 is 19.5 Å². The molecule has 1 fully saturated rings. The average molecular weight is 270 g/mol. The summed E-state index contributed by atoms with van der Waals surface area (Å²) in [6.45, 7) is 2.55. The number of amides is 2. The molecule has 0 saturated carbocycles. The summed E-state index contributed by atoms with van der Waals surface area (Å²) >= 11 is 0. The van der Waals surface area contributed by atoms with Crippen molar-refractivity contribution in [1.82, 2.24) is 10.6 Å². The second-order valence-electron chi connectivity index (χ2n) is 4.95. The zero-order chi connectivity index (χ0) is 14.3. The Labute approximate surface area is 112 Å². The summed E-state index contributed by atoms with van der Waals surface area (Å²) < 4.78 is 0. The van der Waals surface area contributed by atoms with Crippen molar-refractivity contribution in [2.24, 2.45) is 5.92 Å². The molecule has 6 heteroatoms. The van der Waals surface area contributed by atoms with Gasteiger partial charge in [-0.3, -0.25) is 14.4 Å². The van der Waals surface area contributed by atoms with Gasteiger partial charge in [0.1, 0.15) is 6.04 Å². The number of hydrogen-bond donors (Lipinski definition) is 3. The van der Waals surface area contributed by atoms with E-state index in [-0.39, 0.29) is 18.2 Å². The predicted molar refractivity (Wildman–Crippen MR) is 69.4 cm³/mol. The van der Waals surface area contributed by atoms with Crippen LogP contribution in [-0.4, -0.2) is 35.5 Å². The first-order valence-electron chi connectivity index (χ1n) is 6.81. The van der Waals surface area contributed by atoms with Gasteiger partial charge in [0.05, 0.1) is 0 Å². The summed E-state index contributed by atoms with van der Waals surface area (Å²) in [5, 5.41) is 14.0. The number of carbonyl (C=O) groups excluding carboxylic acids is 2. The van der Waals surface area contributed by atoms with Gasteiger partial charge in [-0.15, -0.1) is 0 Å². The van der Waals surface area contributed by atoms with Crippen molar-refractivity contribution in [3.05, 3.63) is 0 Å². The van der Waals surface area contributed by atoms with Crippen molar-refractivity contribution in [3.8, 4) is 0 Å². The van der Waals surface area contributed by atoms with Crippen LogP contribution in [0.5, 0.6) is 0 Å². The van der Waals surface area contributed by atoms with Gasteiger partial charge in [0.15, 0.2) is 0 Å². The molecule has 2 unspecified atom stereocenters. The van der Waals surface area contributed by atoms with Crippen LogP contribution < -0.4 is 10.6 Å². The standard InChI is InChI=1S/C13H22N2O4/c1-2-9(3-6-12(17)18)7-8-14-13(19)10-4-5-11(16)15-10/h9-10H,2-8H2,1H3,(H,14,19)(H,15,16)(H,17,18). The molecule has 0 aromatic carbocycles. The third kappa shape index (κ3) is 5.72. The maximum absolute atomic E-state index is 11.7. The van der Waals surface area contributed by atoms with E-state index in [1.54, 1.807) is 0 Å². The fraction of sp³-hybridized carbons (Fsp3) is 0.769. The second-order valence-corrected chi connectivity index (χ2v) is 4.95. The van der Waals surface area contributed by atoms with Gasteiger partial charge < -0.3 is 15.7 Å². The van der Waals surface area contributed by atoms with E-state index in [1.807, 2.05) is 6.92 Å². The lowest BCUT2D eigenvalue weighted by molar-refractivity contribution is -0.137. The van der Waals surface area contributed by atoms with E-state index in [4.69, 9.17) is 5.11 Å². The summed E-state index contributed by atoms with van der Waals surface area (Å²) in [5.41, 5.74) is 0. The SMILES string of the molecule is CCC(CCNC(=O)C1CCC(=O)N1)CCC(=O)O. The molecule has 1 rings (SSSR count). The van der Waals surface area contributed by atoms with Gasteiger partial charge in [0.2, 0.25) is 11.8 Å². The molecule has 108 valence electrons. The molecule has 0 aromatic rings. The number of carboxylic acid groups (broad SMARTS) is 1. The van der Waals surface area contributed by atoms with Gasteiger partial charge in [-0.1, -0.05) is 13.3 Å². The van der Waals surface area contributed by atoms with Crippen LogP contribution in [0.2, 0.25) is 0 Å².